The van der Waals surface area contributed by atoms with Gasteiger partial charge in [-0.05, 0) is 10.8 Å². The molecule has 2 rings (SSSR count). The van der Waals surface area contributed by atoms with Crippen molar-refractivity contribution in [3.63, 3.8) is 0 Å². The molecule has 0 spiro atoms. The molecule has 1 N–H and O–H groups in total. The van der Waals surface area contributed by atoms with Gasteiger partial charge in [0, 0.05) is 23.3 Å². The molecule has 2 nitrogen and oxygen atoms in total. The first-order chi connectivity index (χ1) is 7.50. The molecule has 0 aliphatic heterocycles. The van der Waals surface area contributed by atoms with Gasteiger partial charge in [0.15, 0.2) is 0 Å². The van der Waals surface area contributed by atoms with E-state index in [4.69, 9.17) is 0 Å². The molecule has 1 aromatic heterocycles. The van der Waals surface area contributed by atoms with Gasteiger partial charge < -0.3 is 5.11 Å². The van der Waals surface area contributed by atoms with Gasteiger partial charge >= 0.3 is 0 Å². The Morgan fingerprint density at radius 1 is 1.12 bits per heavy atom. The lowest BCUT2D eigenvalue weighted by atomic mass is 9.84. The van der Waals surface area contributed by atoms with Gasteiger partial charge in [0.05, 0.1) is 6.10 Å². The summed E-state index contributed by atoms with van der Waals surface area (Å²) in [7, 11) is 0. The Balaban J connectivity index is 2.61. The van der Waals surface area contributed by atoms with Crippen LogP contribution in [0.15, 0.2) is 36.7 Å². The lowest BCUT2D eigenvalue weighted by molar-refractivity contribution is 0.0637. The molecule has 0 aliphatic rings. The third-order valence-corrected chi connectivity index (χ3v) is 2.81. The van der Waals surface area contributed by atoms with E-state index in [1.807, 2.05) is 51.2 Å². The molecule has 84 valence electrons. The summed E-state index contributed by atoms with van der Waals surface area (Å²) in [6.07, 6.45) is 3.10. The number of hydrogen-bond acceptors (Lipinski definition) is 2. The maximum atomic E-state index is 10.3. The number of rotatable bonds is 1. The van der Waals surface area contributed by atoms with Crippen LogP contribution in [0, 0.1) is 5.41 Å². The van der Waals surface area contributed by atoms with Crippen molar-refractivity contribution in [2.45, 2.75) is 26.9 Å². The minimum Gasteiger partial charge on any atom is -0.388 e. The molecule has 16 heavy (non-hydrogen) atoms. The van der Waals surface area contributed by atoms with E-state index in [1.54, 1.807) is 6.20 Å². The quantitative estimate of drug-likeness (QED) is 0.791. The third kappa shape index (κ3) is 1.93. The largest absolute Gasteiger partial charge is 0.388 e. The van der Waals surface area contributed by atoms with Gasteiger partial charge in [-0.1, -0.05) is 45.0 Å². The molecule has 2 aromatic rings. The fraction of sp³-hybridized carbons (Fsp3) is 0.357. The molecule has 0 bridgehead atoms. The van der Waals surface area contributed by atoms with Crippen molar-refractivity contribution >= 4 is 10.8 Å². The van der Waals surface area contributed by atoms with Crippen LogP contribution in [-0.2, 0) is 0 Å². The normalized spacial score (nSPS) is 14.0. The highest BCUT2D eigenvalue weighted by molar-refractivity contribution is 5.84. The molecule has 1 unspecified atom stereocenters. The van der Waals surface area contributed by atoms with E-state index < -0.39 is 6.10 Å². The molecule has 0 saturated carbocycles. The van der Waals surface area contributed by atoms with E-state index in [-0.39, 0.29) is 5.41 Å². The highest BCUT2D eigenvalue weighted by atomic mass is 16.3. The van der Waals surface area contributed by atoms with Gasteiger partial charge in [0.1, 0.15) is 0 Å². The van der Waals surface area contributed by atoms with E-state index >= 15 is 0 Å². The Bertz CT molecular complexity index is 494. The van der Waals surface area contributed by atoms with E-state index in [0.29, 0.717) is 0 Å². The summed E-state index contributed by atoms with van der Waals surface area (Å²) < 4.78 is 0. The predicted molar refractivity (Wildman–Crippen MR) is 66.2 cm³/mol. The number of aliphatic hydroxyl groups is 1. The number of aliphatic hydroxyl groups excluding tert-OH is 1. The zero-order valence-electron chi connectivity index (χ0n) is 9.94. The molecule has 0 amide bonds. The van der Waals surface area contributed by atoms with Crippen LogP contribution < -0.4 is 0 Å². The van der Waals surface area contributed by atoms with Gasteiger partial charge in [0.25, 0.3) is 0 Å². The van der Waals surface area contributed by atoms with E-state index in [0.717, 1.165) is 16.3 Å². The number of hydrogen-bond donors (Lipinski definition) is 1. The Morgan fingerprint density at radius 2 is 1.81 bits per heavy atom. The lowest BCUT2D eigenvalue weighted by Crippen LogP contribution is -2.18. The molecular weight excluding hydrogens is 198 g/mol. The maximum absolute atomic E-state index is 10.3. The second-order valence-corrected chi connectivity index (χ2v) is 5.22. The number of benzene rings is 1. The van der Waals surface area contributed by atoms with E-state index in [9.17, 15) is 5.11 Å². The Morgan fingerprint density at radius 3 is 2.50 bits per heavy atom. The SMILES string of the molecule is CC(C)(C)C(O)c1cncc2ccccc12. The molecule has 1 atom stereocenters. The molecule has 1 aromatic carbocycles. The minimum atomic E-state index is -0.494. The van der Waals surface area contributed by atoms with Crippen molar-refractivity contribution in [2.75, 3.05) is 0 Å². The van der Waals surface area contributed by atoms with Crippen LogP contribution in [0.4, 0.5) is 0 Å². The second-order valence-electron chi connectivity index (χ2n) is 5.22. The predicted octanol–water partition coefficient (Wildman–Crippen LogP) is 3.31. The van der Waals surface area contributed by atoms with Crippen LogP contribution >= 0.6 is 0 Å². The number of fused-ring (bicyclic) bond motifs is 1. The lowest BCUT2D eigenvalue weighted by Gasteiger charge is -2.26. The van der Waals surface area contributed by atoms with Gasteiger partial charge in [-0.3, -0.25) is 4.98 Å². The minimum absolute atomic E-state index is 0.175. The van der Waals surface area contributed by atoms with E-state index in [2.05, 4.69) is 4.98 Å². The fourth-order valence-electron chi connectivity index (χ4n) is 1.82. The number of aromatic nitrogens is 1. The Hall–Kier alpha value is -1.41. The fourth-order valence-corrected chi connectivity index (χ4v) is 1.82. The van der Waals surface area contributed by atoms with Gasteiger partial charge in [-0.15, -0.1) is 0 Å². The van der Waals surface area contributed by atoms with Gasteiger partial charge in [0.2, 0.25) is 0 Å². The standard InChI is InChI=1S/C14H17NO/c1-14(2,3)13(16)12-9-15-8-10-6-4-5-7-11(10)12/h4-9,13,16H,1-3H3. The van der Waals surface area contributed by atoms with Crippen molar-refractivity contribution in [3.8, 4) is 0 Å². The van der Waals surface area contributed by atoms with Crippen molar-refractivity contribution < 1.29 is 5.11 Å². The average Bonchev–Trinajstić information content (AvgIpc) is 2.26. The molecular formula is C14H17NO. The first kappa shape index (κ1) is 11.1. The zero-order chi connectivity index (χ0) is 11.8. The second kappa shape index (κ2) is 3.87. The van der Waals surface area contributed by atoms with Crippen molar-refractivity contribution in [3.05, 3.63) is 42.2 Å². The van der Waals surface area contributed by atoms with Crippen molar-refractivity contribution in [1.82, 2.24) is 4.98 Å². The summed E-state index contributed by atoms with van der Waals surface area (Å²) in [5.41, 5.74) is 0.733. The number of pyridine rings is 1. The van der Waals surface area contributed by atoms with Crippen molar-refractivity contribution in [1.29, 1.82) is 0 Å². The van der Waals surface area contributed by atoms with Crippen LogP contribution in [0.1, 0.15) is 32.4 Å². The molecule has 0 radical (unpaired) electrons. The van der Waals surface area contributed by atoms with E-state index in [1.165, 1.54) is 0 Å². The van der Waals surface area contributed by atoms with Crippen LogP contribution in [0.25, 0.3) is 10.8 Å². The van der Waals surface area contributed by atoms with Crippen LogP contribution in [0.5, 0.6) is 0 Å². The first-order valence-corrected chi connectivity index (χ1v) is 5.51. The summed E-state index contributed by atoms with van der Waals surface area (Å²) in [5, 5.41) is 12.5. The zero-order valence-corrected chi connectivity index (χ0v) is 9.94. The van der Waals surface area contributed by atoms with Crippen LogP contribution in [-0.4, -0.2) is 10.1 Å². The summed E-state index contributed by atoms with van der Waals surface area (Å²) in [4.78, 5) is 4.19. The topological polar surface area (TPSA) is 33.1 Å². The Labute approximate surface area is 96.0 Å². The van der Waals surface area contributed by atoms with Crippen LogP contribution in [0.2, 0.25) is 0 Å². The van der Waals surface area contributed by atoms with Gasteiger partial charge in [-0.2, -0.15) is 0 Å². The Kier molecular flexibility index (Phi) is 2.68. The van der Waals surface area contributed by atoms with Gasteiger partial charge in [-0.25, -0.2) is 0 Å². The third-order valence-electron chi connectivity index (χ3n) is 2.81. The molecule has 0 fully saturated rings. The summed E-state index contributed by atoms with van der Waals surface area (Å²) >= 11 is 0. The van der Waals surface area contributed by atoms with Crippen molar-refractivity contribution in [2.24, 2.45) is 5.41 Å². The molecule has 0 saturated heterocycles. The highest BCUT2D eigenvalue weighted by Crippen LogP contribution is 2.35. The molecule has 1 heterocycles. The molecule has 0 aliphatic carbocycles. The maximum Gasteiger partial charge on any atom is 0.0859 e. The summed E-state index contributed by atoms with van der Waals surface area (Å²) in [6.45, 7) is 6.08. The number of nitrogens with zero attached hydrogens (tertiary/aromatic N) is 1. The average molecular weight is 215 g/mol. The highest BCUT2D eigenvalue weighted by Gasteiger charge is 2.25. The smallest absolute Gasteiger partial charge is 0.0859 e. The first-order valence-electron chi connectivity index (χ1n) is 5.51. The van der Waals surface area contributed by atoms with Crippen LogP contribution in [0.3, 0.4) is 0 Å². The molecule has 2 heteroatoms. The monoisotopic (exact) mass is 215 g/mol. The summed E-state index contributed by atoms with van der Waals surface area (Å²) in [5.74, 6) is 0. The summed E-state index contributed by atoms with van der Waals surface area (Å²) in [6, 6.07) is 8.01.